The highest BCUT2D eigenvalue weighted by atomic mass is 19.1. The van der Waals surface area contributed by atoms with E-state index in [1.54, 1.807) is 60.9 Å². The van der Waals surface area contributed by atoms with Crippen LogP contribution in [0.5, 0.6) is 5.75 Å². The van der Waals surface area contributed by atoms with Crippen LogP contribution in [0.25, 0.3) is 23.1 Å². The van der Waals surface area contributed by atoms with Crippen LogP contribution in [0, 0.1) is 5.82 Å². The van der Waals surface area contributed by atoms with E-state index in [0.29, 0.717) is 39.2 Å². The van der Waals surface area contributed by atoms with Gasteiger partial charge >= 0.3 is 0 Å². The quantitative estimate of drug-likeness (QED) is 0.510. The van der Waals surface area contributed by atoms with Gasteiger partial charge < -0.3 is 14.5 Å². The summed E-state index contributed by atoms with van der Waals surface area (Å²) in [5, 5.41) is 10.6. The number of ether oxygens (including phenoxy) is 1. The van der Waals surface area contributed by atoms with Gasteiger partial charge in [-0.3, -0.25) is 9.89 Å². The largest absolute Gasteiger partial charge is 0.495 e. The van der Waals surface area contributed by atoms with E-state index in [2.05, 4.69) is 15.5 Å². The second kappa shape index (κ2) is 8.02. The lowest BCUT2D eigenvalue weighted by atomic mass is 10.1. The lowest BCUT2D eigenvalue weighted by molar-refractivity contribution is 0.0945. The number of carbonyl (C=O) groups excluding carboxylic acids is 1. The fourth-order valence-electron chi connectivity index (χ4n) is 3.07. The molecule has 2 heterocycles. The van der Waals surface area contributed by atoms with Crippen molar-refractivity contribution < 1.29 is 18.3 Å². The molecule has 4 rings (SSSR count). The van der Waals surface area contributed by atoms with Gasteiger partial charge in [0.15, 0.2) is 0 Å². The van der Waals surface area contributed by atoms with Gasteiger partial charge in [0.05, 0.1) is 42.1 Å². The summed E-state index contributed by atoms with van der Waals surface area (Å²) in [5.41, 5.74) is 2.06. The highest BCUT2D eigenvalue weighted by Gasteiger charge is 2.19. The fraction of sp³-hybridized carbons (Fsp3) is 0.0909. The first-order chi connectivity index (χ1) is 14.2. The zero-order chi connectivity index (χ0) is 20.2. The maximum atomic E-state index is 13.9. The van der Waals surface area contributed by atoms with Crippen molar-refractivity contribution in [3.63, 3.8) is 0 Å². The Bertz CT molecular complexity index is 1180. The molecule has 0 aliphatic heterocycles. The first kappa shape index (κ1) is 18.5. The number of furan rings is 1. The summed E-state index contributed by atoms with van der Waals surface area (Å²) in [5.74, 6) is 0.416. The molecule has 2 N–H and O–H groups in total. The SMILES string of the molecule is COc1c(C(=O)NCc2ccco2)ccc2n[nH]c(/C=C/c3ccccc3F)c12. The molecule has 29 heavy (non-hydrogen) atoms. The second-order valence-electron chi connectivity index (χ2n) is 6.29. The molecule has 0 spiro atoms. The number of fused-ring (bicyclic) bond motifs is 1. The molecule has 0 saturated carbocycles. The maximum Gasteiger partial charge on any atom is 0.255 e. The van der Waals surface area contributed by atoms with Crippen molar-refractivity contribution in [3.8, 4) is 5.75 Å². The number of benzene rings is 2. The molecule has 4 aromatic rings. The fourth-order valence-corrected chi connectivity index (χ4v) is 3.07. The van der Waals surface area contributed by atoms with E-state index >= 15 is 0 Å². The summed E-state index contributed by atoms with van der Waals surface area (Å²) in [6.07, 6.45) is 4.90. The average molecular weight is 391 g/mol. The van der Waals surface area contributed by atoms with E-state index in [1.807, 2.05) is 0 Å². The number of nitrogens with zero attached hydrogens (tertiary/aromatic N) is 1. The van der Waals surface area contributed by atoms with E-state index in [1.165, 1.54) is 13.2 Å². The monoisotopic (exact) mass is 391 g/mol. The third-order valence-corrected chi connectivity index (χ3v) is 4.49. The molecule has 6 nitrogen and oxygen atoms in total. The van der Waals surface area contributed by atoms with Gasteiger partial charge in [0.25, 0.3) is 5.91 Å². The number of methoxy groups -OCH3 is 1. The third kappa shape index (κ3) is 3.75. The zero-order valence-corrected chi connectivity index (χ0v) is 15.6. The van der Waals surface area contributed by atoms with Gasteiger partial charge in [-0.05, 0) is 42.5 Å². The van der Waals surface area contributed by atoms with Crippen LogP contribution in [0.4, 0.5) is 4.39 Å². The summed E-state index contributed by atoms with van der Waals surface area (Å²) in [4.78, 5) is 12.7. The minimum atomic E-state index is -0.322. The number of amides is 1. The van der Waals surface area contributed by atoms with Crippen molar-refractivity contribution in [1.82, 2.24) is 15.5 Å². The van der Waals surface area contributed by atoms with E-state index in [4.69, 9.17) is 9.15 Å². The van der Waals surface area contributed by atoms with E-state index in [9.17, 15) is 9.18 Å². The van der Waals surface area contributed by atoms with Gasteiger partial charge in [-0.15, -0.1) is 0 Å². The van der Waals surface area contributed by atoms with Crippen LogP contribution in [0.3, 0.4) is 0 Å². The number of halogens is 1. The molecule has 146 valence electrons. The minimum absolute atomic E-state index is 0.262. The molecule has 1 amide bonds. The summed E-state index contributed by atoms with van der Waals surface area (Å²) in [6, 6.07) is 13.4. The molecule has 7 heteroatoms. The predicted molar refractivity (Wildman–Crippen MR) is 108 cm³/mol. The van der Waals surface area contributed by atoms with Crippen molar-refractivity contribution in [2.75, 3.05) is 7.11 Å². The van der Waals surface area contributed by atoms with Gasteiger partial charge in [-0.25, -0.2) is 4.39 Å². The van der Waals surface area contributed by atoms with Crippen LogP contribution in [0.2, 0.25) is 0 Å². The Morgan fingerprint density at radius 1 is 1.21 bits per heavy atom. The number of aromatic nitrogens is 2. The molecule has 0 saturated heterocycles. The smallest absolute Gasteiger partial charge is 0.255 e. The topological polar surface area (TPSA) is 80.2 Å². The number of rotatable bonds is 6. The highest BCUT2D eigenvalue weighted by Crippen LogP contribution is 2.32. The average Bonchev–Trinajstić information content (AvgIpc) is 3.40. The van der Waals surface area contributed by atoms with Crippen LogP contribution in [0.15, 0.2) is 59.2 Å². The van der Waals surface area contributed by atoms with Gasteiger partial charge in [-0.2, -0.15) is 5.10 Å². The first-order valence-electron chi connectivity index (χ1n) is 8.95. The number of aromatic amines is 1. The molecular formula is C22H18FN3O3. The second-order valence-corrected chi connectivity index (χ2v) is 6.29. The van der Waals surface area contributed by atoms with Crippen LogP contribution in [0.1, 0.15) is 27.4 Å². The molecule has 0 aliphatic rings. The Morgan fingerprint density at radius 2 is 2.07 bits per heavy atom. The molecule has 2 aromatic heterocycles. The molecule has 0 bridgehead atoms. The van der Waals surface area contributed by atoms with Crippen LogP contribution in [-0.2, 0) is 6.54 Å². The Hall–Kier alpha value is -3.87. The summed E-state index contributed by atoms with van der Waals surface area (Å²) >= 11 is 0. The normalized spacial score (nSPS) is 11.2. The van der Waals surface area contributed by atoms with Crippen molar-refractivity contribution in [2.45, 2.75) is 6.54 Å². The molecule has 2 aromatic carbocycles. The van der Waals surface area contributed by atoms with Crippen molar-refractivity contribution >= 4 is 29.0 Å². The molecular weight excluding hydrogens is 373 g/mol. The van der Waals surface area contributed by atoms with E-state index < -0.39 is 0 Å². The van der Waals surface area contributed by atoms with Gasteiger partial charge in [0.1, 0.15) is 17.3 Å². The number of carbonyl (C=O) groups is 1. The van der Waals surface area contributed by atoms with Crippen molar-refractivity contribution in [1.29, 1.82) is 0 Å². The Morgan fingerprint density at radius 3 is 2.83 bits per heavy atom. The highest BCUT2D eigenvalue weighted by molar-refractivity contribution is 6.05. The number of hydrogen-bond donors (Lipinski definition) is 2. The number of nitrogens with one attached hydrogen (secondary N) is 2. The van der Waals surface area contributed by atoms with Crippen LogP contribution in [-0.4, -0.2) is 23.2 Å². The van der Waals surface area contributed by atoms with Gasteiger partial charge in [0, 0.05) is 5.56 Å². The summed E-state index contributed by atoms with van der Waals surface area (Å²) < 4.78 is 24.7. The summed E-state index contributed by atoms with van der Waals surface area (Å²) in [7, 11) is 1.50. The van der Waals surface area contributed by atoms with Crippen LogP contribution < -0.4 is 10.1 Å². The zero-order valence-electron chi connectivity index (χ0n) is 15.6. The number of H-pyrrole nitrogens is 1. The van der Waals surface area contributed by atoms with Crippen molar-refractivity contribution in [2.24, 2.45) is 0 Å². The summed E-state index contributed by atoms with van der Waals surface area (Å²) in [6.45, 7) is 0.262. The third-order valence-electron chi connectivity index (χ3n) is 4.49. The lowest BCUT2D eigenvalue weighted by Gasteiger charge is -2.10. The molecule has 0 unspecified atom stereocenters. The lowest BCUT2D eigenvalue weighted by Crippen LogP contribution is -2.23. The van der Waals surface area contributed by atoms with Gasteiger partial charge in [0.2, 0.25) is 0 Å². The van der Waals surface area contributed by atoms with Gasteiger partial charge in [-0.1, -0.05) is 18.2 Å². The Kier molecular flexibility index (Phi) is 5.11. The molecule has 0 aliphatic carbocycles. The minimum Gasteiger partial charge on any atom is -0.495 e. The van der Waals surface area contributed by atoms with E-state index in [-0.39, 0.29) is 18.3 Å². The predicted octanol–water partition coefficient (Wildman–Crippen LogP) is 4.40. The standard InChI is InChI=1S/C22H18FN3O3/c1-28-21-16(22(27)24-13-15-6-4-12-29-15)9-11-19-20(21)18(25-26-19)10-8-14-5-2-3-7-17(14)23/h2-12H,13H2,1H3,(H,24,27)(H,25,26)/b10-8+. The van der Waals surface area contributed by atoms with Crippen molar-refractivity contribution in [3.05, 3.63) is 83.2 Å². The number of hydrogen-bond acceptors (Lipinski definition) is 4. The Balaban J connectivity index is 1.68. The van der Waals surface area contributed by atoms with E-state index in [0.717, 1.165) is 0 Å². The first-order valence-corrected chi connectivity index (χ1v) is 8.95. The maximum absolute atomic E-state index is 13.9. The molecule has 0 fully saturated rings. The van der Waals surface area contributed by atoms with Crippen LogP contribution >= 0.6 is 0 Å². The molecule has 0 radical (unpaired) electrons. The Labute approximate surface area is 166 Å². The molecule has 0 atom stereocenters.